The lowest BCUT2D eigenvalue weighted by Gasteiger charge is -2.44. The van der Waals surface area contributed by atoms with Crippen molar-refractivity contribution in [3.8, 4) is 5.75 Å². The van der Waals surface area contributed by atoms with E-state index in [-0.39, 0.29) is 29.8 Å². The normalized spacial score (nSPS) is 18.2. The number of hydrogen-bond acceptors (Lipinski definition) is 5. The zero-order valence-corrected chi connectivity index (χ0v) is 17.4. The highest BCUT2D eigenvalue weighted by Gasteiger charge is 2.44. The molecule has 0 aromatic heterocycles. The van der Waals surface area contributed by atoms with Gasteiger partial charge in [-0.3, -0.25) is 9.59 Å². The summed E-state index contributed by atoms with van der Waals surface area (Å²) in [5, 5.41) is 5.60. The number of fused-ring (bicyclic) bond motifs is 1. The van der Waals surface area contributed by atoms with Crippen molar-refractivity contribution >= 4 is 27.5 Å². The summed E-state index contributed by atoms with van der Waals surface area (Å²) in [5.41, 5.74) is 0.134. The minimum atomic E-state index is -3.69. The second-order valence-electron chi connectivity index (χ2n) is 7.38. The molecular formula is C21H23N3O5S. The van der Waals surface area contributed by atoms with Crippen molar-refractivity contribution in [2.24, 2.45) is 0 Å². The Morgan fingerprint density at radius 3 is 2.47 bits per heavy atom. The Morgan fingerprint density at radius 2 is 1.80 bits per heavy atom. The standard InChI is InChI=1S/C21H23N3O5S/c1-2-19(25)22-15-7-9-16(10-8-15)30(27,28)24-13-11-21(12-14-24)23-20(26)17-5-3-4-6-18(17)29-21/h3-10H,2,11-14H2,1H3,(H,22,25)(H,23,26). The molecule has 0 aliphatic carbocycles. The summed E-state index contributed by atoms with van der Waals surface area (Å²) in [6.45, 7) is 2.19. The Bertz CT molecular complexity index is 1070. The van der Waals surface area contributed by atoms with E-state index in [1.807, 2.05) is 0 Å². The Labute approximate surface area is 175 Å². The van der Waals surface area contributed by atoms with E-state index in [1.165, 1.54) is 16.4 Å². The zero-order valence-electron chi connectivity index (χ0n) is 16.6. The number of benzene rings is 2. The van der Waals surface area contributed by atoms with Crippen molar-refractivity contribution in [3.05, 3.63) is 54.1 Å². The third-order valence-corrected chi connectivity index (χ3v) is 7.32. The van der Waals surface area contributed by atoms with Crippen molar-refractivity contribution in [1.29, 1.82) is 0 Å². The van der Waals surface area contributed by atoms with E-state index < -0.39 is 15.7 Å². The smallest absolute Gasteiger partial charge is 0.258 e. The maximum atomic E-state index is 13.0. The second kappa shape index (κ2) is 7.73. The molecule has 1 saturated heterocycles. The maximum Gasteiger partial charge on any atom is 0.258 e. The topological polar surface area (TPSA) is 105 Å². The highest BCUT2D eigenvalue weighted by atomic mass is 32.2. The van der Waals surface area contributed by atoms with Crippen LogP contribution in [0.3, 0.4) is 0 Å². The van der Waals surface area contributed by atoms with Gasteiger partial charge in [-0.1, -0.05) is 19.1 Å². The fraction of sp³-hybridized carbons (Fsp3) is 0.333. The highest BCUT2D eigenvalue weighted by Crippen LogP contribution is 2.34. The van der Waals surface area contributed by atoms with Gasteiger partial charge in [0.15, 0.2) is 5.72 Å². The molecule has 30 heavy (non-hydrogen) atoms. The van der Waals surface area contributed by atoms with Gasteiger partial charge in [-0.25, -0.2) is 8.42 Å². The van der Waals surface area contributed by atoms with E-state index in [2.05, 4.69) is 10.6 Å². The van der Waals surface area contributed by atoms with Crippen LogP contribution in [0, 0.1) is 0 Å². The molecule has 1 spiro atoms. The third-order valence-electron chi connectivity index (χ3n) is 5.41. The van der Waals surface area contributed by atoms with Gasteiger partial charge < -0.3 is 15.4 Å². The first-order valence-electron chi connectivity index (χ1n) is 9.84. The van der Waals surface area contributed by atoms with Crippen LogP contribution in [-0.4, -0.2) is 43.4 Å². The quantitative estimate of drug-likeness (QED) is 0.776. The molecule has 2 N–H and O–H groups in total. The molecule has 158 valence electrons. The summed E-state index contributed by atoms with van der Waals surface area (Å²) in [5.74, 6) is 0.170. The van der Waals surface area contributed by atoms with Crippen LogP contribution in [0.5, 0.6) is 5.75 Å². The zero-order chi connectivity index (χ0) is 21.4. The van der Waals surface area contributed by atoms with Crippen LogP contribution in [-0.2, 0) is 14.8 Å². The molecule has 4 rings (SSSR count). The summed E-state index contributed by atoms with van der Waals surface area (Å²) in [6.07, 6.45) is 1.03. The Hall–Kier alpha value is -2.91. The van der Waals surface area contributed by atoms with Crippen LogP contribution in [0.2, 0.25) is 0 Å². The second-order valence-corrected chi connectivity index (χ2v) is 9.31. The molecule has 0 saturated carbocycles. The predicted molar refractivity (Wildman–Crippen MR) is 111 cm³/mol. The average molecular weight is 429 g/mol. The van der Waals surface area contributed by atoms with E-state index >= 15 is 0 Å². The largest absolute Gasteiger partial charge is 0.467 e. The predicted octanol–water partition coefficient (Wildman–Crippen LogP) is 2.34. The van der Waals surface area contributed by atoms with Gasteiger partial charge in [0, 0.05) is 38.0 Å². The number of anilines is 1. The Balaban J connectivity index is 1.46. The van der Waals surface area contributed by atoms with Gasteiger partial charge in [0.1, 0.15) is 5.75 Å². The first-order valence-corrected chi connectivity index (χ1v) is 11.3. The number of nitrogens with zero attached hydrogens (tertiary/aromatic N) is 1. The maximum absolute atomic E-state index is 13.0. The molecule has 0 radical (unpaired) electrons. The van der Waals surface area contributed by atoms with Gasteiger partial charge in [-0.15, -0.1) is 0 Å². The fourth-order valence-electron chi connectivity index (χ4n) is 3.68. The number of hydrogen-bond donors (Lipinski definition) is 2. The molecule has 9 heteroatoms. The number of sulfonamides is 1. The molecule has 2 aliphatic rings. The average Bonchev–Trinajstić information content (AvgIpc) is 2.74. The number of para-hydroxylation sites is 1. The first kappa shape index (κ1) is 20.4. The van der Waals surface area contributed by atoms with Crippen LogP contribution in [0.4, 0.5) is 5.69 Å². The van der Waals surface area contributed by atoms with Gasteiger partial charge in [0.05, 0.1) is 10.5 Å². The summed E-state index contributed by atoms with van der Waals surface area (Å²) >= 11 is 0. The van der Waals surface area contributed by atoms with Crippen molar-refractivity contribution in [2.75, 3.05) is 18.4 Å². The van der Waals surface area contributed by atoms with E-state index in [9.17, 15) is 18.0 Å². The number of rotatable bonds is 4. The minimum Gasteiger partial charge on any atom is -0.467 e. The van der Waals surface area contributed by atoms with Gasteiger partial charge in [-0.2, -0.15) is 4.31 Å². The van der Waals surface area contributed by atoms with Crippen LogP contribution in [0.15, 0.2) is 53.4 Å². The number of ether oxygens (including phenoxy) is 1. The number of nitrogens with one attached hydrogen (secondary N) is 2. The van der Waals surface area contributed by atoms with Crippen LogP contribution >= 0.6 is 0 Å². The van der Waals surface area contributed by atoms with Crippen LogP contribution in [0.25, 0.3) is 0 Å². The van der Waals surface area contributed by atoms with Crippen LogP contribution < -0.4 is 15.4 Å². The summed E-state index contributed by atoms with van der Waals surface area (Å²) in [7, 11) is -3.69. The Morgan fingerprint density at radius 1 is 1.13 bits per heavy atom. The molecule has 8 nitrogen and oxygen atoms in total. The van der Waals surface area contributed by atoms with Crippen molar-refractivity contribution in [1.82, 2.24) is 9.62 Å². The number of piperidine rings is 1. The van der Waals surface area contributed by atoms with Crippen LogP contribution in [0.1, 0.15) is 36.5 Å². The lowest BCUT2D eigenvalue weighted by molar-refractivity contribution is -0.115. The number of amides is 2. The molecule has 1 fully saturated rings. The summed E-state index contributed by atoms with van der Waals surface area (Å²) in [6, 6.07) is 13.1. The van der Waals surface area contributed by atoms with E-state index in [1.54, 1.807) is 43.3 Å². The van der Waals surface area contributed by atoms with Crippen molar-refractivity contribution < 1.29 is 22.7 Å². The van der Waals surface area contributed by atoms with E-state index in [0.29, 0.717) is 36.3 Å². The molecule has 0 unspecified atom stereocenters. The highest BCUT2D eigenvalue weighted by molar-refractivity contribution is 7.89. The van der Waals surface area contributed by atoms with E-state index in [0.717, 1.165) is 0 Å². The monoisotopic (exact) mass is 429 g/mol. The molecular weight excluding hydrogens is 406 g/mol. The first-order chi connectivity index (χ1) is 14.3. The SMILES string of the molecule is CCC(=O)Nc1ccc(S(=O)(=O)N2CCC3(CC2)NC(=O)c2ccccc2O3)cc1. The van der Waals surface area contributed by atoms with Gasteiger partial charge in [0.25, 0.3) is 5.91 Å². The van der Waals surface area contributed by atoms with E-state index in [4.69, 9.17) is 4.74 Å². The lowest BCUT2D eigenvalue weighted by Crippen LogP contribution is -2.61. The third kappa shape index (κ3) is 3.78. The molecule has 0 bridgehead atoms. The molecule has 2 heterocycles. The fourth-order valence-corrected chi connectivity index (χ4v) is 5.12. The molecule has 2 aromatic carbocycles. The number of carbonyl (C=O) groups is 2. The number of carbonyl (C=O) groups excluding carboxylic acids is 2. The molecule has 2 amide bonds. The van der Waals surface area contributed by atoms with Gasteiger partial charge >= 0.3 is 0 Å². The summed E-state index contributed by atoms with van der Waals surface area (Å²) in [4.78, 5) is 24.1. The minimum absolute atomic E-state index is 0.136. The molecule has 0 atom stereocenters. The van der Waals surface area contributed by atoms with Crippen molar-refractivity contribution in [3.63, 3.8) is 0 Å². The van der Waals surface area contributed by atoms with Gasteiger partial charge in [0.2, 0.25) is 15.9 Å². The molecule has 2 aromatic rings. The Kier molecular flexibility index (Phi) is 5.25. The molecule has 2 aliphatic heterocycles. The lowest BCUT2D eigenvalue weighted by atomic mass is 9.98. The van der Waals surface area contributed by atoms with Gasteiger partial charge in [-0.05, 0) is 36.4 Å². The summed E-state index contributed by atoms with van der Waals surface area (Å²) < 4.78 is 33.5. The van der Waals surface area contributed by atoms with Crippen molar-refractivity contribution in [2.45, 2.75) is 36.8 Å².